The monoisotopic (exact) mass is 420 g/mol. The Bertz CT molecular complexity index is 1070. The normalized spacial score (nSPS) is 18.7. The molecule has 2 aromatic carbocycles. The van der Waals surface area contributed by atoms with Gasteiger partial charge in [-0.3, -0.25) is 0 Å². The van der Waals surface area contributed by atoms with Gasteiger partial charge in [-0.2, -0.15) is 4.31 Å². The van der Waals surface area contributed by atoms with Crippen LogP contribution in [-0.4, -0.2) is 38.4 Å². The van der Waals surface area contributed by atoms with Gasteiger partial charge in [0.05, 0.1) is 10.9 Å². The Morgan fingerprint density at radius 2 is 1.87 bits per heavy atom. The van der Waals surface area contributed by atoms with E-state index in [1.807, 2.05) is 25.1 Å². The van der Waals surface area contributed by atoms with Crippen molar-refractivity contribution in [3.63, 3.8) is 0 Å². The molecule has 2 aliphatic rings. The first-order valence-corrected chi connectivity index (χ1v) is 11.8. The molecule has 1 atom stereocenters. The zero-order chi connectivity index (χ0) is 21.1. The molecule has 0 N–H and O–H groups in total. The standard InChI is InChI=1S/C25H28N2O2S/c1-3-16-26(30(28,29)24-12-9-20(2)10-13-24)19-21-11-14-25-22(18-21)15-17-27(25)23-7-5-4-6-8-23/h3-13,18,25H,1,14-17,19H2,2H3. The smallest absolute Gasteiger partial charge is 0.243 e. The molecule has 4 nitrogen and oxygen atoms in total. The van der Waals surface area contributed by atoms with Crippen molar-refractivity contribution in [2.45, 2.75) is 30.7 Å². The van der Waals surface area contributed by atoms with Gasteiger partial charge in [-0.1, -0.05) is 54.1 Å². The summed E-state index contributed by atoms with van der Waals surface area (Å²) in [5, 5.41) is 0. The molecule has 156 valence electrons. The summed E-state index contributed by atoms with van der Waals surface area (Å²) in [6, 6.07) is 17.9. The number of hydrogen-bond acceptors (Lipinski definition) is 3. The second-order valence-corrected chi connectivity index (χ2v) is 9.87. The summed E-state index contributed by atoms with van der Waals surface area (Å²) in [6.45, 7) is 7.37. The molecule has 1 aliphatic carbocycles. The van der Waals surface area contributed by atoms with Crippen molar-refractivity contribution < 1.29 is 8.42 Å². The largest absolute Gasteiger partial charge is 0.364 e. The highest BCUT2D eigenvalue weighted by molar-refractivity contribution is 7.89. The molecule has 1 saturated heterocycles. The lowest BCUT2D eigenvalue weighted by Gasteiger charge is -2.29. The molecule has 5 heteroatoms. The Labute approximate surface area is 179 Å². The van der Waals surface area contributed by atoms with E-state index in [0.29, 0.717) is 17.5 Å². The topological polar surface area (TPSA) is 40.6 Å². The molecular weight excluding hydrogens is 392 g/mol. The van der Waals surface area contributed by atoms with E-state index in [2.05, 4.69) is 47.9 Å². The Hall–Kier alpha value is -2.63. The first kappa shape index (κ1) is 20.6. The average molecular weight is 421 g/mol. The van der Waals surface area contributed by atoms with Crippen LogP contribution in [0.5, 0.6) is 0 Å². The van der Waals surface area contributed by atoms with Crippen molar-refractivity contribution in [2.24, 2.45) is 0 Å². The summed E-state index contributed by atoms with van der Waals surface area (Å²) in [7, 11) is -3.57. The predicted octanol–water partition coefficient (Wildman–Crippen LogP) is 4.71. The van der Waals surface area contributed by atoms with Crippen LogP contribution in [0.4, 0.5) is 5.69 Å². The average Bonchev–Trinajstić information content (AvgIpc) is 3.17. The summed E-state index contributed by atoms with van der Waals surface area (Å²) in [6.07, 6.45) is 7.97. The zero-order valence-electron chi connectivity index (χ0n) is 17.4. The quantitative estimate of drug-likeness (QED) is 0.609. The van der Waals surface area contributed by atoms with Crippen molar-refractivity contribution in [1.82, 2.24) is 4.31 Å². The second kappa shape index (κ2) is 8.62. The molecule has 0 saturated carbocycles. The first-order chi connectivity index (χ1) is 14.5. The molecule has 0 bridgehead atoms. The van der Waals surface area contributed by atoms with Gasteiger partial charge in [0, 0.05) is 25.3 Å². The van der Waals surface area contributed by atoms with Crippen LogP contribution in [0.25, 0.3) is 0 Å². The third-order valence-corrected chi connectivity index (χ3v) is 7.68. The van der Waals surface area contributed by atoms with Gasteiger partial charge in [-0.05, 0) is 55.2 Å². The molecule has 0 spiro atoms. The van der Waals surface area contributed by atoms with Gasteiger partial charge in [-0.15, -0.1) is 6.58 Å². The SMILES string of the molecule is C=CCN(CC1=CCC2C(=C1)CCN2c1ccccc1)S(=O)(=O)c1ccc(C)cc1. The molecule has 1 aliphatic heterocycles. The van der Waals surface area contributed by atoms with E-state index in [-0.39, 0.29) is 6.54 Å². The number of benzene rings is 2. The second-order valence-electron chi connectivity index (χ2n) is 7.93. The molecule has 2 aromatic rings. The Morgan fingerprint density at radius 3 is 2.57 bits per heavy atom. The summed E-state index contributed by atoms with van der Waals surface area (Å²) in [5.41, 5.74) is 4.74. The molecular formula is C25H28N2O2S. The molecule has 4 rings (SSSR count). The van der Waals surface area contributed by atoms with Crippen LogP contribution in [0.15, 0.2) is 95.4 Å². The number of para-hydroxylation sites is 1. The third kappa shape index (κ3) is 4.13. The fourth-order valence-corrected chi connectivity index (χ4v) is 5.67. The van der Waals surface area contributed by atoms with Gasteiger partial charge >= 0.3 is 0 Å². The van der Waals surface area contributed by atoms with Gasteiger partial charge in [0.2, 0.25) is 10.0 Å². The van der Waals surface area contributed by atoms with Crippen LogP contribution in [0.3, 0.4) is 0 Å². The van der Waals surface area contributed by atoms with Crippen LogP contribution < -0.4 is 4.90 Å². The Morgan fingerprint density at radius 1 is 1.13 bits per heavy atom. The number of anilines is 1. The highest BCUT2D eigenvalue weighted by Gasteiger charge is 2.31. The maximum Gasteiger partial charge on any atom is 0.243 e. The number of nitrogens with zero attached hydrogens (tertiary/aromatic N) is 2. The number of sulfonamides is 1. The predicted molar refractivity (Wildman–Crippen MR) is 123 cm³/mol. The highest BCUT2D eigenvalue weighted by atomic mass is 32.2. The van der Waals surface area contributed by atoms with Crippen molar-refractivity contribution >= 4 is 15.7 Å². The van der Waals surface area contributed by atoms with Crippen molar-refractivity contribution in [3.8, 4) is 0 Å². The number of fused-ring (bicyclic) bond motifs is 1. The maximum absolute atomic E-state index is 13.2. The van der Waals surface area contributed by atoms with E-state index in [1.165, 1.54) is 15.6 Å². The van der Waals surface area contributed by atoms with Crippen LogP contribution in [0, 0.1) is 6.92 Å². The van der Waals surface area contributed by atoms with Crippen LogP contribution in [-0.2, 0) is 10.0 Å². The fraction of sp³-hybridized carbons (Fsp3) is 0.280. The van der Waals surface area contributed by atoms with E-state index in [9.17, 15) is 8.42 Å². The van der Waals surface area contributed by atoms with Crippen LogP contribution in [0.1, 0.15) is 18.4 Å². The minimum absolute atomic E-state index is 0.288. The van der Waals surface area contributed by atoms with Gasteiger partial charge in [-0.25, -0.2) is 8.42 Å². The van der Waals surface area contributed by atoms with E-state index >= 15 is 0 Å². The molecule has 1 heterocycles. The van der Waals surface area contributed by atoms with Gasteiger partial charge < -0.3 is 4.90 Å². The van der Waals surface area contributed by atoms with Gasteiger partial charge in [0.25, 0.3) is 0 Å². The molecule has 30 heavy (non-hydrogen) atoms. The van der Waals surface area contributed by atoms with Crippen LogP contribution >= 0.6 is 0 Å². The number of hydrogen-bond donors (Lipinski definition) is 0. The molecule has 0 aromatic heterocycles. The highest BCUT2D eigenvalue weighted by Crippen LogP contribution is 2.35. The molecule has 1 fully saturated rings. The Balaban J connectivity index is 1.52. The molecule has 0 amide bonds. The lowest BCUT2D eigenvalue weighted by Crippen LogP contribution is -2.34. The minimum Gasteiger partial charge on any atom is -0.364 e. The number of rotatable bonds is 7. The minimum atomic E-state index is -3.57. The van der Waals surface area contributed by atoms with E-state index in [4.69, 9.17) is 0 Å². The first-order valence-electron chi connectivity index (χ1n) is 10.4. The fourth-order valence-electron chi connectivity index (χ4n) is 4.27. The summed E-state index contributed by atoms with van der Waals surface area (Å²) >= 11 is 0. The van der Waals surface area contributed by atoms with Gasteiger partial charge in [0.15, 0.2) is 0 Å². The van der Waals surface area contributed by atoms with Crippen molar-refractivity contribution in [3.05, 3.63) is 96.1 Å². The lowest BCUT2D eigenvalue weighted by molar-refractivity contribution is 0.468. The molecule has 1 unspecified atom stereocenters. The summed E-state index contributed by atoms with van der Waals surface area (Å²) in [4.78, 5) is 2.77. The van der Waals surface area contributed by atoms with E-state index in [1.54, 1.807) is 18.2 Å². The Kier molecular flexibility index (Phi) is 5.93. The van der Waals surface area contributed by atoms with Crippen molar-refractivity contribution in [2.75, 3.05) is 24.5 Å². The summed E-state index contributed by atoms with van der Waals surface area (Å²) < 4.78 is 27.9. The van der Waals surface area contributed by atoms with Crippen LogP contribution in [0.2, 0.25) is 0 Å². The molecule has 0 radical (unpaired) electrons. The van der Waals surface area contributed by atoms with Gasteiger partial charge in [0.1, 0.15) is 0 Å². The maximum atomic E-state index is 13.2. The van der Waals surface area contributed by atoms with Crippen molar-refractivity contribution in [1.29, 1.82) is 0 Å². The third-order valence-electron chi connectivity index (χ3n) is 5.86. The summed E-state index contributed by atoms with van der Waals surface area (Å²) in [5.74, 6) is 0. The van der Waals surface area contributed by atoms with E-state index in [0.717, 1.165) is 30.5 Å². The number of aryl methyl sites for hydroxylation is 1. The lowest BCUT2D eigenvalue weighted by atomic mass is 9.95. The zero-order valence-corrected chi connectivity index (χ0v) is 18.2. The van der Waals surface area contributed by atoms with E-state index < -0.39 is 10.0 Å².